The predicted molar refractivity (Wildman–Crippen MR) is 106 cm³/mol. The summed E-state index contributed by atoms with van der Waals surface area (Å²) < 4.78 is 0. The first-order chi connectivity index (χ1) is 12.3. The van der Waals surface area contributed by atoms with E-state index in [1.165, 1.54) is 0 Å². The highest BCUT2D eigenvalue weighted by Crippen LogP contribution is 2.31. The van der Waals surface area contributed by atoms with Crippen LogP contribution in [0.5, 0.6) is 0 Å². The van der Waals surface area contributed by atoms with Crippen molar-refractivity contribution >= 4 is 46.4 Å². The number of imide groups is 1. The molecule has 1 N–H and O–H groups in total. The van der Waals surface area contributed by atoms with Gasteiger partial charge in [-0.05, 0) is 48.2 Å². The van der Waals surface area contributed by atoms with E-state index >= 15 is 0 Å². The van der Waals surface area contributed by atoms with E-state index in [9.17, 15) is 9.59 Å². The second-order valence-electron chi connectivity index (χ2n) is 6.47. The maximum Gasteiger partial charge on any atom is 0.283 e. The number of amides is 2. The van der Waals surface area contributed by atoms with Crippen molar-refractivity contribution in [3.63, 3.8) is 0 Å². The largest absolute Gasteiger partial charge is 0.350 e. The third kappa shape index (κ3) is 3.35. The third-order valence-corrected chi connectivity index (χ3v) is 5.04. The van der Waals surface area contributed by atoms with Crippen molar-refractivity contribution in [1.82, 2.24) is 0 Å². The molecule has 0 unspecified atom stereocenters. The van der Waals surface area contributed by atoms with Crippen molar-refractivity contribution in [1.29, 1.82) is 0 Å². The monoisotopic (exact) mass is 388 g/mol. The number of anilines is 2. The highest BCUT2D eigenvalue weighted by Gasteiger charge is 2.38. The molecule has 0 radical (unpaired) electrons. The summed E-state index contributed by atoms with van der Waals surface area (Å²) >= 11 is 12.3. The Morgan fingerprint density at radius 1 is 0.962 bits per heavy atom. The van der Waals surface area contributed by atoms with Gasteiger partial charge in [-0.25, -0.2) is 4.90 Å². The second kappa shape index (κ2) is 7.14. The van der Waals surface area contributed by atoms with Crippen LogP contribution in [-0.2, 0) is 9.59 Å². The normalized spacial score (nSPS) is 14.6. The van der Waals surface area contributed by atoms with Crippen LogP contribution < -0.4 is 10.2 Å². The van der Waals surface area contributed by atoms with Gasteiger partial charge < -0.3 is 5.32 Å². The van der Waals surface area contributed by atoms with E-state index in [0.29, 0.717) is 22.3 Å². The fraction of sp³-hybridized carbons (Fsp3) is 0.200. The number of nitrogens with one attached hydrogen (secondary N) is 1. The summed E-state index contributed by atoms with van der Waals surface area (Å²) in [6.07, 6.45) is 0. The topological polar surface area (TPSA) is 49.4 Å². The lowest BCUT2D eigenvalue weighted by molar-refractivity contribution is -0.120. The van der Waals surface area contributed by atoms with Crippen molar-refractivity contribution in [2.45, 2.75) is 26.7 Å². The standard InChI is InChI=1S/C20H18Cl2N2O2/c1-11(2)13-5-8-15(9-6-13)24-19(25)17(22)18(20(24)26)23-14-7-4-12(3)16(21)10-14/h4-11,23H,1-3H3. The van der Waals surface area contributed by atoms with E-state index in [2.05, 4.69) is 19.2 Å². The first kappa shape index (κ1) is 18.5. The van der Waals surface area contributed by atoms with Crippen molar-refractivity contribution in [3.05, 3.63) is 69.3 Å². The molecule has 2 aromatic rings. The Kier molecular flexibility index (Phi) is 5.08. The van der Waals surface area contributed by atoms with Crippen molar-refractivity contribution in [2.75, 3.05) is 10.2 Å². The zero-order chi connectivity index (χ0) is 19.0. The number of hydrogen-bond acceptors (Lipinski definition) is 3. The van der Waals surface area contributed by atoms with Gasteiger partial charge in [0.1, 0.15) is 10.7 Å². The summed E-state index contributed by atoms with van der Waals surface area (Å²) in [7, 11) is 0. The molecule has 0 spiro atoms. The number of benzene rings is 2. The molecule has 1 heterocycles. The van der Waals surface area contributed by atoms with Crippen LogP contribution in [0.1, 0.15) is 30.9 Å². The summed E-state index contributed by atoms with van der Waals surface area (Å²) in [6.45, 7) is 6.04. The average molecular weight is 389 g/mol. The molecule has 0 fully saturated rings. The van der Waals surface area contributed by atoms with E-state index in [-0.39, 0.29) is 10.7 Å². The van der Waals surface area contributed by atoms with Crippen LogP contribution in [0.15, 0.2) is 53.2 Å². The molecular formula is C20H18Cl2N2O2. The molecule has 0 bridgehead atoms. The van der Waals surface area contributed by atoms with Crippen LogP contribution in [-0.4, -0.2) is 11.8 Å². The Morgan fingerprint density at radius 2 is 1.62 bits per heavy atom. The number of nitrogens with zero attached hydrogens (tertiary/aromatic N) is 1. The zero-order valence-corrected chi connectivity index (χ0v) is 16.2. The summed E-state index contributed by atoms with van der Waals surface area (Å²) in [5.74, 6) is -0.678. The SMILES string of the molecule is Cc1ccc(NC2=C(Cl)C(=O)N(c3ccc(C(C)C)cc3)C2=O)cc1Cl. The summed E-state index contributed by atoms with van der Waals surface area (Å²) in [6, 6.07) is 12.6. The number of rotatable bonds is 4. The molecule has 1 aliphatic heterocycles. The summed E-state index contributed by atoms with van der Waals surface area (Å²) in [5.41, 5.74) is 3.16. The first-order valence-corrected chi connectivity index (χ1v) is 8.97. The van der Waals surface area contributed by atoms with E-state index in [1.807, 2.05) is 25.1 Å². The smallest absolute Gasteiger partial charge is 0.283 e. The Morgan fingerprint density at radius 3 is 2.19 bits per heavy atom. The van der Waals surface area contributed by atoms with Crippen molar-refractivity contribution in [2.24, 2.45) is 0 Å². The molecule has 0 saturated carbocycles. The van der Waals surface area contributed by atoms with Gasteiger partial charge in [-0.2, -0.15) is 0 Å². The molecule has 0 saturated heterocycles. The fourth-order valence-electron chi connectivity index (χ4n) is 2.67. The molecule has 2 amide bonds. The Hall–Kier alpha value is -2.30. The molecule has 26 heavy (non-hydrogen) atoms. The number of halogens is 2. The molecule has 0 aliphatic carbocycles. The van der Waals surface area contributed by atoms with Crippen LogP contribution in [0.25, 0.3) is 0 Å². The zero-order valence-electron chi connectivity index (χ0n) is 14.6. The summed E-state index contributed by atoms with van der Waals surface area (Å²) in [5, 5.41) is 3.34. The highest BCUT2D eigenvalue weighted by molar-refractivity contribution is 6.53. The van der Waals surface area contributed by atoms with Gasteiger partial charge in [0.05, 0.1) is 5.69 Å². The highest BCUT2D eigenvalue weighted by atomic mass is 35.5. The fourth-order valence-corrected chi connectivity index (χ4v) is 3.06. The number of hydrogen-bond donors (Lipinski definition) is 1. The minimum atomic E-state index is -0.547. The van der Waals surface area contributed by atoms with E-state index in [4.69, 9.17) is 23.2 Å². The van der Waals surface area contributed by atoms with Crippen LogP contribution in [0.4, 0.5) is 11.4 Å². The third-order valence-electron chi connectivity index (χ3n) is 4.29. The molecule has 4 nitrogen and oxygen atoms in total. The van der Waals surface area contributed by atoms with Gasteiger partial charge in [0.15, 0.2) is 0 Å². The van der Waals surface area contributed by atoms with Gasteiger partial charge in [-0.1, -0.05) is 55.2 Å². The lowest BCUT2D eigenvalue weighted by Crippen LogP contribution is -2.32. The minimum Gasteiger partial charge on any atom is -0.350 e. The van der Waals surface area contributed by atoms with Crippen LogP contribution >= 0.6 is 23.2 Å². The van der Waals surface area contributed by atoms with Crippen molar-refractivity contribution in [3.8, 4) is 0 Å². The number of carbonyl (C=O) groups excluding carboxylic acids is 2. The average Bonchev–Trinajstić information content (AvgIpc) is 2.82. The molecule has 2 aromatic carbocycles. The van der Waals surface area contributed by atoms with E-state index in [1.54, 1.807) is 24.3 Å². The van der Waals surface area contributed by atoms with E-state index in [0.717, 1.165) is 16.0 Å². The molecule has 0 aromatic heterocycles. The van der Waals surface area contributed by atoms with Gasteiger partial charge >= 0.3 is 0 Å². The molecular weight excluding hydrogens is 371 g/mol. The van der Waals surface area contributed by atoms with Gasteiger partial charge in [-0.15, -0.1) is 0 Å². The molecule has 3 rings (SSSR count). The van der Waals surface area contributed by atoms with Gasteiger partial charge in [-0.3, -0.25) is 9.59 Å². The minimum absolute atomic E-state index is 0.0459. The van der Waals surface area contributed by atoms with E-state index < -0.39 is 11.8 Å². The Labute approximate surface area is 162 Å². The lowest BCUT2D eigenvalue weighted by Gasteiger charge is -2.16. The van der Waals surface area contributed by atoms with Crippen LogP contribution in [0.2, 0.25) is 5.02 Å². The molecule has 0 atom stereocenters. The molecule has 1 aliphatic rings. The summed E-state index contributed by atoms with van der Waals surface area (Å²) in [4.78, 5) is 26.3. The Balaban J connectivity index is 1.88. The van der Waals surface area contributed by atoms with Gasteiger partial charge in [0.2, 0.25) is 0 Å². The second-order valence-corrected chi connectivity index (χ2v) is 7.26. The van der Waals surface area contributed by atoms with Gasteiger partial charge in [0.25, 0.3) is 11.8 Å². The first-order valence-electron chi connectivity index (χ1n) is 8.21. The maximum atomic E-state index is 12.8. The van der Waals surface area contributed by atoms with Gasteiger partial charge in [0, 0.05) is 10.7 Å². The predicted octanol–water partition coefficient (Wildman–Crippen LogP) is 5.21. The number of carbonyl (C=O) groups is 2. The van der Waals surface area contributed by atoms with Crippen molar-refractivity contribution < 1.29 is 9.59 Å². The molecule has 6 heteroatoms. The lowest BCUT2D eigenvalue weighted by atomic mass is 10.0. The quantitative estimate of drug-likeness (QED) is 0.731. The van der Waals surface area contributed by atoms with Crippen LogP contribution in [0, 0.1) is 6.92 Å². The van der Waals surface area contributed by atoms with Crippen LogP contribution in [0.3, 0.4) is 0 Å². The maximum absolute atomic E-state index is 12.8. The Bertz CT molecular complexity index is 918. The molecule has 134 valence electrons. The number of aryl methyl sites for hydroxylation is 1.